The van der Waals surface area contributed by atoms with Crippen LogP contribution in [0.5, 0.6) is 0 Å². The first-order valence-electron chi connectivity index (χ1n) is 5.86. The third-order valence-electron chi connectivity index (χ3n) is 2.79. The van der Waals surface area contributed by atoms with Gasteiger partial charge in [0.15, 0.2) is 5.78 Å². The molecule has 0 fully saturated rings. The molecule has 0 bridgehead atoms. The Kier molecular flexibility index (Phi) is 5.57. The van der Waals surface area contributed by atoms with Crippen molar-refractivity contribution in [2.24, 2.45) is 5.92 Å². The molecule has 3 nitrogen and oxygen atoms in total. The van der Waals surface area contributed by atoms with Gasteiger partial charge in [-0.25, -0.2) is 0 Å². The highest BCUT2D eigenvalue weighted by Crippen LogP contribution is 2.19. The van der Waals surface area contributed by atoms with Gasteiger partial charge < -0.3 is 5.11 Å². The van der Waals surface area contributed by atoms with E-state index in [1.165, 1.54) is 0 Å². The third kappa shape index (κ3) is 3.49. The Labute approximate surface area is 101 Å². The first-order valence-corrected chi connectivity index (χ1v) is 5.86. The summed E-state index contributed by atoms with van der Waals surface area (Å²) in [5.41, 5.74) is 0.714. The van der Waals surface area contributed by atoms with Gasteiger partial charge >= 0.3 is 0 Å². The Morgan fingerprint density at radius 2 is 2.06 bits per heavy atom. The van der Waals surface area contributed by atoms with E-state index in [0.717, 1.165) is 12.8 Å². The summed E-state index contributed by atoms with van der Waals surface area (Å²) in [4.78, 5) is 23.0. The van der Waals surface area contributed by atoms with E-state index >= 15 is 0 Å². The molecule has 91 valence electrons. The first kappa shape index (κ1) is 13.6. The fourth-order valence-corrected chi connectivity index (χ4v) is 1.92. The number of benzene rings is 1. The van der Waals surface area contributed by atoms with E-state index in [1.54, 1.807) is 30.6 Å². The Bertz CT molecular complexity index is 379. The number of Topliss-reactive ketones (excluding diaryl/α,β-unsaturated/α-hetero) is 1. The van der Waals surface area contributed by atoms with Crippen molar-refractivity contribution in [3.63, 3.8) is 0 Å². The van der Waals surface area contributed by atoms with E-state index in [-0.39, 0.29) is 18.3 Å². The summed E-state index contributed by atoms with van der Waals surface area (Å²) in [6.07, 6.45) is 3.83. The van der Waals surface area contributed by atoms with E-state index < -0.39 is 0 Å². The molecule has 1 aromatic rings. The number of carbonyl (C=O) groups is 1. The summed E-state index contributed by atoms with van der Waals surface area (Å²) >= 11 is 0. The van der Waals surface area contributed by atoms with Crippen molar-refractivity contribution in [2.45, 2.75) is 26.2 Å². The molecule has 17 heavy (non-hydrogen) atoms. The maximum absolute atomic E-state index is 12.2. The molecular formula is C14H17O3. The quantitative estimate of drug-likeness (QED) is 0.734. The lowest BCUT2D eigenvalue weighted by molar-refractivity contribution is 0.0886. The molecule has 0 heterocycles. The third-order valence-corrected chi connectivity index (χ3v) is 2.79. The number of carbonyl (C=O) groups excluding carboxylic acids is 2. The zero-order chi connectivity index (χ0) is 12.7. The average Bonchev–Trinajstić information content (AvgIpc) is 2.37. The minimum atomic E-state index is -0.209. The molecular weight excluding hydrogens is 216 g/mol. The molecule has 0 amide bonds. The van der Waals surface area contributed by atoms with E-state index in [4.69, 9.17) is 5.11 Å². The zero-order valence-corrected chi connectivity index (χ0v) is 9.98. The first-order chi connectivity index (χ1) is 8.24. The van der Waals surface area contributed by atoms with Crippen LogP contribution in [0.25, 0.3) is 0 Å². The van der Waals surface area contributed by atoms with E-state index in [0.29, 0.717) is 17.5 Å². The molecule has 0 aliphatic heterocycles. The van der Waals surface area contributed by atoms with Gasteiger partial charge in [0, 0.05) is 23.7 Å². The van der Waals surface area contributed by atoms with Crippen LogP contribution in [0.2, 0.25) is 0 Å². The summed E-state index contributed by atoms with van der Waals surface area (Å²) < 4.78 is 0. The van der Waals surface area contributed by atoms with Crippen molar-refractivity contribution in [1.82, 2.24) is 0 Å². The number of aliphatic hydroxyl groups is 1. The lowest BCUT2D eigenvalue weighted by Gasteiger charge is -2.14. The van der Waals surface area contributed by atoms with Crippen molar-refractivity contribution in [2.75, 3.05) is 6.61 Å². The van der Waals surface area contributed by atoms with Gasteiger partial charge in [-0.05, 0) is 12.8 Å². The normalized spacial score (nSPS) is 12.1. The van der Waals surface area contributed by atoms with Crippen molar-refractivity contribution in [1.29, 1.82) is 0 Å². The van der Waals surface area contributed by atoms with Gasteiger partial charge in [0.1, 0.15) is 0 Å². The molecule has 3 heteroatoms. The monoisotopic (exact) mass is 233 g/mol. The molecule has 0 spiro atoms. The second kappa shape index (κ2) is 6.97. The summed E-state index contributed by atoms with van der Waals surface area (Å²) in [6.45, 7) is 1.98. The van der Waals surface area contributed by atoms with Gasteiger partial charge in [-0.2, -0.15) is 0 Å². The zero-order valence-electron chi connectivity index (χ0n) is 9.98. The topological polar surface area (TPSA) is 54.4 Å². The summed E-state index contributed by atoms with van der Waals surface area (Å²) in [5, 5.41) is 8.96. The summed E-state index contributed by atoms with van der Waals surface area (Å²) in [6, 6.07) is 6.67. The fraction of sp³-hybridized carbons (Fsp3) is 0.429. The second-order valence-corrected chi connectivity index (χ2v) is 4.01. The standard InChI is InChI=1S/C14H17O3/c1-2-5-11(8-9-15)14(17)13-7-4-3-6-12(13)10-16/h3-4,6-7,11,15H,2,5,8-9H2,1H3. The predicted octanol–water partition coefficient (Wildman–Crippen LogP) is 2.13. The van der Waals surface area contributed by atoms with E-state index in [9.17, 15) is 9.59 Å². The van der Waals surface area contributed by atoms with Gasteiger partial charge in [-0.15, -0.1) is 0 Å². The van der Waals surface area contributed by atoms with E-state index in [1.807, 2.05) is 6.92 Å². The molecule has 0 saturated carbocycles. The van der Waals surface area contributed by atoms with Crippen LogP contribution in [0.3, 0.4) is 0 Å². The molecule has 1 atom stereocenters. The maximum Gasteiger partial charge on any atom is 0.234 e. The van der Waals surface area contributed by atoms with Crippen LogP contribution in [0.4, 0.5) is 0 Å². The minimum absolute atomic E-state index is 0.0105. The van der Waals surface area contributed by atoms with Crippen molar-refractivity contribution in [3.05, 3.63) is 35.4 Å². The lowest BCUT2D eigenvalue weighted by atomic mass is 9.89. The van der Waals surface area contributed by atoms with Crippen LogP contribution in [0.15, 0.2) is 24.3 Å². The van der Waals surface area contributed by atoms with Crippen LogP contribution < -0.4 is 0 Å². The summed E-state index contributed by atoms with van der Waals surface area (Å²) in [7, 11) is 0. The number of aliphatic hydroxyl groups excluding tert-OH is 1. The minimum Gasteiger partial charge on any atom is -0.396 e. The van der Waals surface area contributed by atoms with Crippen LogP contribution in [-0.4, -0.2) is 23.8 Å². The predicted molar refractivity (Wildman–Crippen MR) is 65.7 cm³/mol. The van der Waals surface area contributed by atoms with Gasteiger partial charge in [0.05, 0.1) is 0 Å². The number of rotatable bonds is 7. The van der Waals surface area contributed by atoms with Crippen LogP contribution >= 0.6 is 0 Å². The van der Waals surface area contributed by atoms with Gasteiger partial charge in [0.25, 0.3) is 0 Å². The Hall–Kier alpha value is -1.48. The highest BCUT2D eigenvalue weighted by molar-refractivity contribution is 6.04. The van der Waals surface area contributed by atoms with Gasteiger partial charge in [-0.3, -0.25) is 9.59 Å². The summed E-state index contributed by atoms with van der Waals surface area (Å²) in [5.74, 6) is -0.278. The van der Waals surface area contributed by atoms with Crippen molar-refractivity contribution < 1.29 is 14.7 Å². The van der Waals surface area contributed by atoms with Crippen LogP contribution in [0.1, 0.15) is 42.1 Å². The van der Waals surface area contributed by atoms with Crippen molar-refractivity contribution in [3.8, 4) is 0 Å². The maximum atomic E-state index is 12.2. The molecule has 1 radical (unpaired) electrons. The fourth-order valence-electron chi connectivity index (χ4n) is 1.92. The van der Waals surface area contributed by atoms with Crippen LogP contribution in [0, 0.1) is 5.92 Å². The lowest BCUT2D eigenvalue weighted by Crippen LogP contribution is -2.17. The van der Waals surface area contributed by atoms with Gasteiger partial charge in [0.2, 0.25) is 6.29 Å². The Balaban J connectivity index is 2.95. The SMILES string of the molecule is CCCC(CCO)C(=O)c1ccccc1[C]=O. The average molecular weight is 233 g/mol. The number of hydrogen-bond donors (Lipinski definition) is 1. The molecule has 0 saturated heterocycles. The van der Waals surface area contributed by atoms with Crippen LogP contribution in [-0.2, 0) is 4.79 Å². The smallest absolute Gasteiger partial charge is 0.234 e. The van der Waals surface area contributed by atoms with Gasteiger partial charge in [-0.1, -0.05) is 37.6 Å². The second-order valence-electron chi connectivity index (χ2n) is 4.01. The Morgan fingerprint density at radius 3 is 2.65 bits per heavy atom. The number of hydrogen-bond acceptors (Lipinski definition) is 3. The highest BCUT2D eigenvalue weighted by atomic mass is 16.3. The highest BCUT2D eigenvalue weighted by Gasteiger charge is 2.20. The molecule has 0 aromatic heterocycles. The van der Waals surface area contributed by atoms with Crippen molar-refractivity contribution >= 4 is 12.1 Å². The number of ketones is 1. The molecule has 1 rings (SSSR count). The molecule has 0 aliphatic carbocycles. The molecule has 1 unspecified atom stereocenters. The molecule has 1 aromatic carbocycles. The molecule has 0 aliphatic rings. The van der Waals surface area contributed by atoms with E-state index in [2.05, 4.69) is 0 Å². The largest absolute Gasteiger partial charge is 0.396 e. The molecule has 1 N–H and O–H groups in total. The Morgan fingerprint density at radius 1 is 1.35 bits per heavy atom.